The molecule has 1 amide bonds. The van der Waals surface area contributed by atoms with Crippen LogP contribution in [0.1, 0.15) is 35.9 Å². The summed E-state index contributed by atoms with van der Waals surface area (Å²) in [6, 6.07) is 15.1. The van der Waals surface area contributed by atoms with Crippen LogP contribution in [-0.4, -0.2) is 42.5 Å². The number of nitrogens with zero attached hydrogens (tertiary/aromatic N) is 1. The fraction of sp³-hybridized carbons (Fsp3) is 0.286. The Kier molecular flexibility index (Phi) is 7.64. The molecule has 0 spiro atoms. The number of carbonyl (C=O) groups is 2. The highest BCUT2D eigenvalue weighted by molar-refractivity contribution is 7.09. The van der Waals surface area contributed by atoms with Crippen molar-refractivity contribution in [3.63, 3.8) is 0 Å². The van der Waals surface area contributed by atoms with Crippen molar-refractivity contribution in [3.8, 4) is 17.2 Å². The number of thiophene rings is 1. The number of benzene rings is 2. The summed E-state index contributed by atoms with van der Waals surface area (Å²) in [5.74, 6) is 0.0246. The summed E-state index contributed by atoms with van der Waals surface area (Å²) in [4.78, 5) is 29.1. The molecule has 1 N–H and O–H groups in total. The number of aliphatic hydroxyl groups is 1. The molecule has 1 aromatic heterocycles. The van der Waals surface area contributed by atoms with Gasteiger partial charge < -0.3 is 24.2 Å². The van der Waals surface area contributed by atoms with Crippen LogP contribution in [0.2, 0.25) is 0 Å². The van der Waals surface area contributed by atoms with Gasteiger partial charge in [0.15, 0.2) is 11.5 Å². The predicted molar refractivity (Wildman–Crippen MR) is 138 cm³/mol. The summed E-state index contributed by atoms with van der Waals surface area (Å²) >= 11 is 1.49. The van der Waals surface area contributed by atoms with Gasteiger partial charge in [-0.05, 0) is 35.6 Å². The Morgan fingerprint density at radius 3 is 2.50 bits per heavy atom. The molecular weight excluding hydrogens is 478 g/mol. The number of aliphatic hydroxyl groups excluding tert-OH is 1. The minimum absolute atomic E-state index is 0.0101. The third-order valence-corrected chi connectivity index (χ3v) is 6.73. The molecule has 1 unspecified atom stereocenters. The lowest BCUT2D eigenvalue weighted by molar-refractivity contribution is -0.140. The SMILES string of the molecule is COc1cccc(C2/C(=C(\O)c3cccc(OCC(C)C)c3)C(=O)C(=O)N2Cc2cccs2)c1OC. The number of rotatable bonds is 9. The van der Waals surface area contributed by atoms with Gasteiger partial charge in [0, 0.05) is 16.0 Å². The molecular formula is C28H29NO6S. The van der Waals surface area contributed by atoms with E-state index in [0.29, 0.717) is 40.9 Å². The van der Waals surface area contributed by atoms with Gasteiger partial charge in [-0.1, -0.05) is 44.2 Å². The first kappa shape index (κ1) is 25.3. The lowest BCUT2D eigenvalue weighted by Gasteiger charge is -2.26. The number of para-hydroxylation sites is 1. The normalized spacial score (nSPS) is 17.0. The van der Waals surface area contributed by atoms with Crippen molar-refractivity contribution in [2.24, 2.45) is 5.92 Å². The van der Waals surface area contributed by atoms with Crippen LogP contribution in [0.4, 0.5) is 0 Å². The molecule has 0 bridgehead atoms. The number of hydrogen-bond acceptors (Lipinski definition) is 7. The van der Waals surface area contributed by atoms with E-state index in [2.05, 4.69) is 0 Å². The van der Waals surface area contributed by atoms with E-state index in [9.17, 15) is 14.7 Å². The first-order chi connectivity index (χ1) is 17.3. The number of Topliss-reactive ketones (excluding diaryl/α,β-unsaturated/α-hetero) is 1. The van der Waals surface area contributed by atoms with Gasteiger partial charge in [0.2, 0.25) is 0 Å². The molecule has 0 saturated carbocycles. The number of ketones is 1. The van der Waals surface area contributed by atoms with E-state index in [0.717, 1.165) is 4.88 Å². The number of amides is 1. The zero-order valence-electron chi connectivity index (χ0n) is 20.7. The molecule has 0 aliphatic carbocycles. The number of ether oxygens (including phenoxy) is 3. The monoisotopic (exact) mass is 507 g/mol. The van der Waals surface area contributed by atoms with Gasteiger partial charge in [-0.2, -0.15) is 0 Å². The Morgan fingerprint density at radius 1 is 1.06 bits per heavy atom. The highest BCUT2D eigenvalue weighted by Gasteiger charge is 2.47. The van der Waals surface area contributed by atoms with E-state index >= 15 is 0 Å². The molecule has 4 rings (SSSR count). The highest BCUT2D eigenvalue weighted by atomic mass is 32.1. The zero-order chi connectivity index (χ0) is 25.8. The van der Waals surface area contributed by atoms with Gasteiger partial charge in [0.25, 0.3) is 11.7 Å². The van der Waals surface area contributed by atoms with Gasteiger partial charge in [-0.3, -0.25) is 9.59 Å². The number of carbonyl (C=O) groups excluding carboxylic acids is 2. The van der Waals surface area contributed by atoms with Crippen LogP contribution in [0.3, 0.4) is 0 Å². The minimum Gasteiger partial charge on any atom is -0.507 e. The Hall–Kier alpha value is -3.78. The Morgan fingerprint density at radius 2 is 1.83 bits per heavy atom. The van der Waals surface area contributed by atoms with Gasteiger partial charge in [0.1, 0.15) is 11.5 Å². The first-order valence-corrected chi connectivity index (χ1v) is 12.5. The maximum atomic E-state index is 13.4. The second-order valence-electron chi connectivity index (χ2n) is 8.82. The Bertz CT molecular complexity index is 1280. The summed E-state index contributed by atoms with van der Waals surface area (Å²) in [5, 5.41) is 13.3. The van der Waals surface area contributed by atoms with Crippen molar-refractivity contribution >= 4 is 28.8 Å². The molecule has 2 aromatic carbocycles. The second kappa shape index (κ2) is 10.9. The molecule has 1 aliphatic heterocycles. The predicted octanol–water partition coefficient (Wildman–Crippen LogP) is 5.42. The molecule has 1 fully saturated rings. The molecule has 7 nitrogen and oxygen atoms in total. The van der Waals surface area contributed by atoms with Crippen molar-refractivity contribution in [1.82, 2.24) is 4.90 Å². The zero-order valence-corrected chi connectivity index (χ0v) is 21.5. The average molecular weight is 508 g/mol. The van der Waals surface area contributed by atoms with E-state index in [4.69, 9.17) is 14.2 Å². The average Bonchev–Trinajstić information content (AvgIpc) is 3.49. The van der Waals surface area contributed by atoms with Gasteiger partial charge >= 0.3 is 0 Å². The summed E-state index contributed by atoms with van der Waals surface area (Å²) in [6.45, 7) is 4.80. The Balaban J connectivity index is 1.87. The van der Waals surface area contributed by atoms with Crippen LogP contribution in [0.15, 0.2) is 65.6 Å². The second-order valence-corrected chi connectivity index (χ2v) is 9.85. The molecule has 1 atom stereocenters. The number of likely N-dealkylation sites (tertiary alicyclic amines) is 1. The van der Waals surface area contributed by atoms with E-state index in [-0.39, 0.29) is 17.9 Å². The quantitative estimate of drug-likeness (QED) is 0.236. The third kappa shape index (κ3) is 4.95. The van der Waals surface area contributed by atoms with E-state index in [1.54, 1.807) is 42.5 Å². The molecule has 1 aliphatic rings. The lowest BCUT2D eigenvalue weighted by Crippen LogP contribution is -2.29. The summed E-state index contributed by atoms with van der Waals surface area (Å²) < 4.78 is 16.9. The largest absolute Gasteiger partial charge is 0.507 e. The van der Waals surface area contributed by atoms with Crippen LogP contribution in [0.25, 0.3) is 5.76 Å². The van der Waals surface area contributed by atoms with E-state index in [1.807, 2.05) is 31.4 Å². The van der Waals surface area contributed by atoms with Gasteiger partial charge in [0.05, 0.1) is 39.0 Å². The van der Waals surface area contributed by atoms with Crippen molar-refractivity contribution in [1.29, 1.82) is 0 Å². The van der Waals surface area contributed by atoms with Crippen molar-refractivity contribution in [3.05, 3.63) is 81.6 Å². The molecule has 2 heterocycles. The maximum Gasteiger partial charge on any atom is 0.295 e. The number of methoxy groups -OCH3 is 2. The van der Waals surface area contributed by atoms with Crippen LogP contribution in [-0.2, 0) is 16.1 Å². The van der Waals surface area contributed by atoms with Crippen LogP contribution < -0.4 is 14.2 Å². The van der Waals surface area contributed by atoms with E-state index < -0.39 is 17.7 Å². The minimum atomic E-state index is -0.877. The van der Waals surface area contributed by atoms with Gasteiger partial charge in [-0.25, -0.2) is 0 Å². The highest BCUT2D eigenvalue weighted by Crippen LogP contribution is 2.46. The molecule has 36 heavy (non-hydrogen) atoms. The maximum absolute atomic E-state index is 13.4. The third-order valence-electron chi connectivity index (χ3n) is 5.87. The standard InChI is InChI=1S/C28H29NO6S/c1-17(2)16-35-19-9-5-8-18(14-19)25(30)23-24(21-11-6-12-22(33-3)27(21)34-4)29(28(32)26(23)31)15-20-10-7-13-36-20/h5-14,17,24,30H,15-16H2,1-4H3/b25-23+. The van der Waals surface area contributed by atoms with Gasteiger partial charge in [-0.15, -0.1) is 11.3 Å². The van der Waals surface area contributed by atoms with Crippen LogP contribution >= 0.6 is 11.3 Å². The van der Waals surface area contributed by atoms with Crippen molar-refractivity contribution in [2.75, 3.05) is 20.8 Å². The Labute approximate surface area is 214 Å². The molecule has 188 valence electrons. The molecule has 1 saturated heterocycles. The van der Waals surface area contributed by atoms with Crippen LogP contribution in [0, 0.1) is 5.92 Å². The van der Waals surface area contributed by atoms with Crippen LogP contribution in [0.5, 0.6) is 17.2 Å². The fourth-order valence-corrected chi connectivity index (χ4v) is 4.92. The van der Waals surface area contributed by atoms with Crippen molar-refractivity contribution in [2.45, 2.75) is 26.4 Å². The van der Waals surface area contributed by atoms with E-state index in [1.165, 1.54) is 30.5 Å². The fourth-order valence-electron chi connectivity index (χ4n) is 4.22. The molecule has 0 radical (unpaired) electrons. The number of hydrogen-bond donors (Lipinski definition) is 1. The lowest BCUT2D eigenvalue weighted by atomic mass is 9.94. The smallest absolute Gasteiger partial charge is 0.295 e. The molecule has 8 heteroatoms. The summed E-state index contributed by atoms with van der Waals surface area (Å²) in [7, 11) is 3.02. The summed E-state index contributed by atoms with van der Waals surface area (Å²) in [6.07, 6.45) is 0. The first-order valence-electron chi connectivity index (χ1n) is 11.6. The van der Waals surface area contributed by atoms with Crippen molar-refractivity contribution < 1.29 is 28.9 Å². The topological polar surface area (TPSA) is 85.3 Å². The summed E-state index contributed by atoms with van der Waals surface area (Å²) in [5.41, 5.74) is 0.919. The molecule has 3 aromatic rings.